The molecule has 3 N–H and O–H groups in total. The molecule has 0 unspecified atom stereocenters. The number of rotatable bonds is 5. The van der Waals surface area contributed by atoms with E-state index in [1.54, 1.807) is 13.2 Å². The molecular weight excluding hydrogens is 396 g/mol. The molecule has 0 aliphatic heterocycles. The Kier molecular flexibility index (Phi) is 4.90. The molecule has 0 atom stereocenters. The number of aromatic amines is 2. The number of halogens is 1. The molecule has 0 fully saturated rings. The monoisotopic (exact) mass is 412 g/mol. The molecule has 4 rings (SSSR count). The summed E-state index contributed by atoms with van der Waals surface area (Å²) in [6.07, 6.45) is 2.27. The lowest BCUT2D eigenvalue weighted by Gasteiger charge is -2.08. The number of fused-ring (bicyclic) bond motifs is 2. The predicted octanol–water partition coefficient (Wildman–Crippen LogP) is 3.78. The Labute approximate surface area is 169 Å². The molecule has 8 heteroatoms. The number of carbonyl (C=O) groups is 1. The summed E-state index contributed by atoms with van der Waals surface area (Å²) >= 11 is 5.90. The van der Waals surface area contributed by atoms with Crippen LogP contribution in [0.4, 0.5) is 0 Å². The zero-order valence-electron chi connectivity index (χ0n) is 15.4. The van der Waals surface area contributed by atoms with Gasteiger partial charge in [0.1, 0.15) is 11.5 Å². The minimum Gasteiger partial charge on any atom is -0.506 e. The lowest BCUT2D eigenvalue weighted by atomic mass is 10.1. The molecule has 0 saturated carbocycles. The Balaban J connectivity index is 1.53. The Morgan fingerprint density at radius 1 is 1.14 bits per heavy atom. The predicted molar refractivity (Wildman–Crippen MR) is 110 cm³/mol. The van der Waals surface area contributed by atoms with E-state index in [1.165, 1.54) is 12.1 Å². The summed E-state index contributed by atoms with van der Waals surface area (Å²) in [6, 6.07) is 10.2. The molecule has 0 aliphatic carbocycles. The first-order chi connectivity index (χ1) is 14.0. The SMILES string of the molecule is COc1ccc2[nH]cc(CCOC(=O)c3c(O)c4ccc(Cl)cc4[nH]c3=O)c2c1. The van der Waals surface area contributed by atoms with Gasteiger partial charge in [-0.2, -0.15) is 0 Å². The van der Waals surface area contributed by atoms with E-state index in [9.17, 15) is 14.7 Å². The highest BCUT2D eigenvalue weighted by Crippen LogP contribution is 2.28. The van der Waals surface area contributed by atoms with Crippen molar-refractivity contribution in [1.82, 2.24) is 9.97 Å². The minimum atomic E-state index is -0.891. The van der Waals surface area contributed by atoms with Crippen LogP contribution in [-0.4, -0.2) is 34.8 Å². The molecule has 0 amide bonds. The van der Waals surface area contributed by atoms with Crippen molar-refractivity contribution in [3.63, 3.8) is 0 Å². The van der Waals surface area contributed by atoms with Crippen LogP contribution in [0.1, 0.15) is 15.9 Å². The number of nitrogens with one attached hydrogen (secondary N) is 2. The van der Waals surface area contributed by atoms with E-state index in [4.69, 9.17) is 21.1 Å². The van der Waals surface area contributed by atoms with Gasteiger partial charge in [-0.3, -0.25) is 4.79 Å². The van der Waals surface area contributed by atoms with Crippen molar-refractivity contribution in [2.45, 2.75) is 6.42 Å². The largest absolute Gasteiger partial charge is 0.506 e. The molecule has 2 aromatic carbocycles. The summed E-state index contributed by atoms with van der Waals surface area (Å²) in [5.74, 6) is -0.594. The van der Waals surface area contributed by atoms with Crippen molar-refractivity contribution in [3.05, 3.63) is 69.1 Å². The summed E-state index contributed by atoms with van der Waals surface area (Å²) < 4.78 is 10.5. The molecule has 29 heavy (non-hydrogen) atoms. The number of hydrogen-bond acceptors (Lipinski definition) is 5. The number of aromatic hydroxyl groups is 1. The van der Waals surface area contributed by atoms with E-state index in [0.29, 0.717) is 22.3 Å². The van der Waals surface area contributed by atoms with Crippen LogP contribution in [0.25, 0.3) is 21.8 Å². The van der Waals surface area contributed by atoms with Crippen LogP contribution in [0.3, 0.4) is 0 Å². The van der Waals surface area contributed by atoms with Crippen molar-refractivity contribution in [3.8, 4) is 11.5 Å². The smallest absolute Gasteiger partial charge is 0.347 e. The zero-order valence-corrected chi connectivity index (χ0v) is 16.2. The first-order valence-corrected chi connectivity index (χ1v) is 9.21. The van der Waals surface area contributed by atoms with E-state index in [1.807, 2.05) is 24.4 Å². The quantitative estimate of drug-likeness (QED) is 0.433. The van der Waals surface area contributed by atoms with Gasteiger partial charge in [-0.1, -0.05) is 11.6 Å². The second-order valence-electron chi connectivity index (χ2n) is 6.48. The maximum Gasteiger partial charge on any atom is 0.347 e. The van der Waals surface area contributed by atoms with Gasteiger partial charge in [0, 0.05) is 33.9 Å². The van der Waals surface area contributed by atoms with Crippen LogP contribution in [0.5, 0.6) is 11.5 Å². The summed E-state index contributed by atoms with van der Waals surface area (Å²) in [4.78, 5) is 30.4. The topological polar surface area (TPSA) is 104 Å². The normalized spacial score (nSPS) is 11.1. The van der Waals surface area contributed by atoms with Crippen LogP contribution in [0.15, 0.2) is 47.4 Å². The maximum absolute atomic E-state index is 12.4. The Hall–Kier alpha value is -3.45. The number of pyridine rings is 1. The number of benzene rings is 2. The van der Waals surface area contributed by atoms with Crippen LogP contribution < -0.4 is 10.3 Å². The van der Waals surface area contributed by atoms with E-state index >= 15 is 0 Å². The highest BCUT2D eigenvalue weighted by atomic mass is 35.5. The molecule has 2 heterocycles. The molecule has 0 bridgehead atoms. The molecule has 4 aromatic rings. The lowest BCUT2D eigenvalue weighted by molar-refractivity contribution is 0.0504. The number of ether oxygens (including phenoxy) is 2. The molecule has 2 aromatic heterocycles. The fraction of sp³-hybridized carbons (Fsp3) is 0.143. The zero-order chi connectivity index (χ0) is 20.5. The fourth-order valence-corrected chi connectivity index (χ4v) is 3.43. The highest BCUT2D eigenvalue weighted by Gasteiger charge is 2.21. The summed E-state index contributed by atoms with van der Waals surface area (Å²) in [6.45, 7) is 0.0422. The number of hydrogen-bond donors (Lipinski definition) is 3. The Bertz CT molecular complexity index is 1290. The standard InChI is InChI=1S/C21H17ClN2O5/c1-28-13-3-5-16-15(9-13)11(10-23-16)6-7-29-21(27)18-19(25)14-4-2-12(22)8-17(14)24-20(18)26/h2-5,8-10,23H,6-7H2,1H3,(H2,24,25,26). The van der Waals surface area contributed by atoms with E-state index in [0.717, 1.165) is 22.2 Å². The average Bonchev–Trinajstić information content (AvgIpc) is 3.09. The third kappa shape index (κ3) is 3.52. The van der Waals surface area contributed by atoms with Gasteiger partial charge in [0.05, 0.1) is 19.2 Å². The summed E-state index contributed by atoms with van der Waals surface area (Å²) in [7, 11) is 1.59. The van der Waals surface area contributed by atoms with E-state index in [-0.39, 0.29) is 6.61 Å². The summed E-state index contributed by atoms with van der Waals surface area (Å²) in [5.41, 5.74) is 1.05. The number of esters is 1. The molecule has 148 valence electrons. The molecule has 0 radical (unpaired) electrons. The van der Waals surface area contributed by atoms with Gasteiger partial charge < -0.3 is 24.5 Å². The molecule has 0 spiro atoms. The average molecular weight is 413 g/mol. The minimum absolute atomic E-state index is 0.0422. The maximum atomic E-state index is 12.4. The molecule has 0 aliphatic rings. The van der Waals surface area contributed by atoms with Crippen molar-refractivity contribution in [1.29, 1.82) is 0 Å². The van der Waals surface area contributed by atoms with Gasteiger partial charge in [-0.15, -0.1) is 0 Å². The van der Waals surface area contributed by atoms with E-state index < -0.39 is 22.8 Å². The molecular formula is C21H17ClN2O5. The first kappa shape index (κ1) is 18.9. The fourth-order valence-electron chi connectivity index (χ4n) is 3.26. The Morgan fingerprint density at radius 2 is 1.97 bits per heavy atom. The van der Waals surface area contributed by atoms with Crippen LogP contribution in [-0.2, 0) is 11.2 Å². The second-order valence-corrected chi connectivity index (χ2v) is 6.92. The van der Waals surface area contributed by atoms with Crippen molar-refractivity contribution in [2.75, 3.05) is 13.7 Å². The van der Waals surface area contributed by atoms with Gasteiger partial charge in [-0.05, 0) is 42.0 Å². The van der Waals surface area contributed by atoms with Crippen molar-refractivity contribution < 1.29 is 19.4 Å². The number of aromatic nitrogens is 2. The molecule has 0 saturated heterocycles. The lowest BCUT2D eigenvalue weighted by Crippen LogP contribution is -2.20. The van der Waals surface area contributed by atoms with Crippen molar-refractivity contribution >= 4 is 39.4 Å². The van der Waals surface area contributed by atoms with Gasteiger partial charge in [0.2, 0.25) is 0 Å². The van der Waals surface area contributed by atoms with Gasteiger partial charge in [0.15, 0.2) is 5.56 Å². The number of H-pyrrole nitrogens is 2. The third-order valence-corrected chi connectivity index (χ3v) is 4.97. The first-order valence-electron chi connectivity index (χ1n) is 8.83. The number of methoxy groups -OCH3 is 1. The van der Waals surface area contributed by atoms with Crippen LogP contribution in [0.2, 0.25) is 5.02 Å². The molecule has 7 nitrogen and oxygen atoms in total. The highest BCUT2D eigenvalue weighted by molar-refractivity contribution is 6.31. The third-order valence-electron chi connectivity index (χ3n) is 4.73. The summed E-state index contributed by atoms with van der Waals surface area (Å²) in [5, 5.41) is 12.1. The Morgan fingerprint density at radius 3 is 2.76 bits per heavy atom. The van der Waals surface area contributed by atoms with Gasteiger partial charge in [-0.25, -0.2) is 4.79 Å². The van der Waals surface area contributed by atoms with Crippen LogP contribution >= 0.6 is 11.6 Å². The van der Waals surface area contributed by atoms with Crippen LogP contribution in [0, 0.1) is 0 Å². The number of carbonyl (C=O) groups excluding carboxylic acids is 1. The van der Waals surface area contributed by atoms with Gasteiger partial charge >= 0.3 is 5.97 Å². The van der Waals surface area contributed by atoms with Crippen molar-refractivity contribution in [2.24, 2.45) is 0 Å². The second kappa shape index (κ2) is 7.52. The van der Waals surface area contributed by atoms with Gasteiger partial charge in [0.25, 0.3) is 5.56 Å². The van der Waals surface area contributed by atoms with E-state index in [2.05, 4.69) is 9.97 Å².